The number of esters is 1. The smallest absolute Gasteiger partial charge is 0.375 e. The maximum atomic E-state index is 12.7. The van der Waals surface area contributed by atoms with Crippen LogP contribution in [0.1, 0.15) is 70.8 Å². The van der Waals surface area contributed by atoms with Crippen molar-refractivity contribution in [2.75, 3.05) is 26.4 Å². The van der Waals surface area contributed by atoms with Crippen molar-refractivity contribution in [1.29, 1.82) is 0 Å². The van der Waals surface area contributed by atoms with Crippen LogP contribution in [0, 0.1) is 6.92 Å². The fourth-order valence-corrected chi connectivity index (χ4v) is 3.49. The van der Waals surface area contributed by atoms with E-state index in [2.05, 4.69) is 10.3 Å². The number of ether oxygens (including phenoxy) is 2. The van der Waals surface area contributed by atoms with Gasteiger partial charge in [-0.1, -0.05) is 0 Å². The third kappa shape index (κ3) is 5.69. The summed E-state index contributed by atoms with van der Waals surface area (Å²) in [6.07, 6.45) is 6.02. The van der Waals surface area contributed by atoms with E-state index in [1.165, 1.54) is 6.20 Å². The lowest BCUT2D eigenvalue weighted by Crippen LogP contribution is -2.28. The van der Waals surface area contributed by atoms with Gasteiger partial charge < -0.3 is 19.2 Å². The third-order valence-electron chi connectivity index (χ3n) is 4.98. The molecule has 1 amide bonds. The number of hydrogen-bond donors (Lipinski definition) is 1. The summed E-state index contributed by atoms with van der Waals surface area (Å²) in [6.45, 7) is 6.54. The molecule has 9 heteroatoms. The molecular formula is C21H30N4O5. The summed E-state index contributed by atoms with van der Waals surface area (Å²) < 4.78 is 17.8. The van der Waals surface area contributed by atoms with Crippen LogP contribution >= 0.6 is 0 Å². The van der Waals surface area contributed by atoms with Crippen LogP contribution in [0.5, 0.6) is 0 Å². The second-order valence-corrected chi connectivity index (χ2v) is 7.25. The van der Waals surface area contributed by atoms with E-state index >= 15 is 0 Å². The molecule has 0 saturated carbocycles. The summed E-state index contributed by atoms with van der Waals surface area (Å²) in [5.74, 6) is -0.0203. The van der Waals surface area contributed by atoms with Gasteiger partial charge in [0, 0.05) is 38.8 Å². The average molecular weight is 418 g/mol. The van der Waals surface area contributed by atoms with Crippen molar-refractivity contribution in [2.45, 2.75) is 58.9 Å². The molecule has 0 aliphatic carbocycles. The number of amides is 1. The first-order valence-electron chi connectivity index (χ1n) is 10.6. The van der Waals surface area contributed by atoms with Crippen molar-refractivity contribution in [3.8, 4) is 0 Å². The number of carbonyl (C=O) groups is 2. The first-order valence-corrected chi connectivity index (χ1v) is 10.6. The molecule has 3 heterocycles. The van der Waals surface area contributed by atoms with Crippen LogP contribution in [0.15, 0.2) is 10.6 Å². The van der Waals surface area contributed by atoms with Crippen molar-refractivity contribution >= 4 is 11.9 Å². The number of carbonyl (C=O) groups excluding carboxylic acids is 2. The lowest BCUT2D eigenvalue weighted by molar-refractivity contribution is 0.0460. The lowest BCUT2D eigenvalue weighted by atomic mass is 10.0. The Bertz CT molecular complexity index is 858. The largest absolute Gasteiger partial charge is 0.460 e. The number of rotatable bonds is 7. The van der Waals surface area contributed by atoms with Crippen LogP contribution in [-0.4, -0.2) is 53.0 Å². The van der Waals surface area contributed by atoms with Crippen LogP contribution in [0.3, 0.4) is 0 Å². The van der Waals surface area contributed by atoms with Crippen molar-refractivity contribution in [1.82, 2.24) is 20.1 Å². The van der Waals surface area contributed by atoms with Crippen molar-refractivity contribution in [3.63, 3.8) is 0 Å². The van der Waals surface area contributed by atoms with E-state index in [1.807, 2.05) is 6.92 Å². The predicted molar refractivity (Wildman–Crippen MR) is 108 cm³/mol. The highest BCUT2D eigenvalue weighted by molar-refractivity contribution is 5.94. The number of fused-ring (bicyclic) bond motifs is 1. The van der Waals surface area contributed by atoms with Crippen molar-refractivity contribution < 1.29 is 23.5 Å². The van der Waals surface area contributed by atoms with Crippen LogP contribution in [0.2, 0.25) is 0 Å². The predicted octanol–water partition coefficient (Wildman–Crippen LogP) is 2.46. The topological polar surface area (TPSA) is 108 Å². The fraction of sp³-hybridized carbons (Fsp3) is 0.619. The molecule has 2 aromatic heterocycles. The summed E-state index contributed by atoms with van der Waals surface area (Å²) in [5, 5.41) is 7.68. The molecule has 2 aromatic rings. The van der Waals surface area contributed by atoms with E-state index in [0.717, 1.165) is 43.4 Å². The number of oxazole rings is 1. The Labute approximate surface area is 176 Å². The van der Waals surface area contributed by atoms with Crippen molar-refractivity contribution in [2.24, 2.45) is 0 Å². The van der Waals surface area contributed by atoms with Gasteiger partial charge in [0.1, 0.15) is 5.69 Å². The van der Waals surface area contributed by atoms with Gasteiger partial charge in [0.15, 0.2) is 5.89 Å². The van der Waals surface area contributed by atoms with Gasteiger partial charge in [-0.2, -0.15) is 5.10 Å². The van der Waals surface area contributed by atoms with Gasteiger partial charge in [-0.05, 0) is 45.4 Å². The van der Waals surface area contributed by atoms with Crippen LogP contribution < -0.4 is 5.32 Å². The molecule has 3 rings (SSSR count). The average Bonchev–Trinajstić information content (AvgIpc) is 3.31. The minimum atomic E-state index is -0.504. The number of hydrogen-bond acceptors (Lipinski definition) is 7. The van der Waals surface area contributed by atoms with E-state index in [0.29, 0.717) is 50.9 Å². The highest BCUT2D eigenvalue weighted by atomic mass is 16.5. The van der Waals surface area contributed by atoms with E-state index in [4.69, 9.17) is 19.0 Å². The van der Waals surface area contributed by atoms with Gasteiger partial charge in [-0.25, -0.2) is 9.78 Å². The molecule has 164 valence electrons. The molecule has 0 atom stereocenters. The highest BCUT2D eigenvalue weighted by Gasteiger charge is 2.22. The lowest BCUT2D eigenvalue weighted by Gasteiger charge is -2.08. The quantitative estimate of drug-likeness (QED) is 0.543. The Hall–Kier alpha value is -2.68. The maximum absolute atomic E-state index is 12.7. The zero-order chi connectivity index (χ0) is 21.3. The van der Waals surface area contributed by atoms with Gasteiger partial charge in [-0.15, -0.1) is 0 Å². The van der Waals surface area contributed by atoms with Crippen LogP contribution in [0.25, 0.3) is 0 Å². The molecule has 1 aliphatic heterocycles. The van der Waals surface area contributed by atoms with E-state index in [-0.39, 0.29) is 11.7 Å². The number of aryl methyl sites for hydroxylation is 3. The molecule has 0 fully saturated rings. The van der Waals surface area contributed by atoms with Crippen LogP contribution in [-0.2, 0) is 28.9 Å². The number of nitrogens with zero attached hydrogens (tertiary/aromatic N) is 3. The summed E-state index contributed by atoms with van der Waals surface area (Å²) in [5.41, 5.74) is 2.62. The zero-order valence-electron chi connectivity index (χ0n) is 17.7. The maximum Gasteiger partial charge on any atom is 0.375 e. The summed E-state index contributed by atoms with van der Waals surface area (Å²) in [4.78, 5) is 28.5. The highest BCUT2D eigenvalue weighted by Crippen LogP contribution is 2.20. The normalized spacial score (nSPS) is 15.2. The second kappa shape index (κ2) is 10.9. The Morgan fingerprint density at radius 1 is 1.30 bits per heavy atom. The summed E-state index contributed by atoms with van der Waals surface area (Å²) in [7, 11) is 0. The second-order valence-electron chi connectivity index (χ2n) is 7.25. The first kappa shape index (κ1) is 22.0. The first-order chi connectivity index (χ1) is 14.6. The SMILES string of the molecule is CCn1nc(CCCCOC(=O)c2cnc(C)o2)c2c1C(=O)NCCCOCCC2. The Morgan fingerprint density at radius 2 is 2.13 bits per heavy atom. The standard InChI is InChI=1S/C21H30N4O5/c1-3-25-19-16(8-6-11-28-12-7-10-22-20(19)26)17(24-25)9-4-5-13-29-21(27)18-14-23-15(2)30-18/h14H,3-13H2,1-2H3,(H,22,26). The summed E-state index contributed by atoms with van der Waals surface area (Å²) >= 11 is 0. The van der Waals surface area contributed by atoms with Gasteiger partial charge in [-0.3, -0.25) is 9.48 Å². The van der Waals surface area contributed by atoms with Gasteiger partial charge in [0.05, 0.1) is 18.5 Å². The summed E-state index contributed by atoms with van der Waals surface area (Å²) in [6, 6.07) is 0. The van der Waals surface area contributed by atoms with Gasteiger partial charge in [0.25, 0.3) is 5.91 Å². The molecule has 1 N–H and O–H groups in total. The Balaban J connectivity index is 1.58. The minimum absolute atomic E-state index is 0.0659. The molecule has 0 radical (unpaired) electrons. The molecule has 30 heavy (non-hydrogen) atoms. The fourth-order valence-electron chi connectivity index (χ4n) is 3.49. The van der Waals surface area contributed by atoms with Gasteiger partial charge >= 0.3 is 5.97 Å². The monoisotopic (exact) mass is 418 g/mol. The van der Waals surface area contributed by atoms with E-state index in [1.54, 1.807) is 11.6 Å². The molecule has 0 saturated heterocycles. The molecule has 0 bridgehead atoms. The Kier molecular flexibility index (Phi) is 8.01. The van der Waals surface area contributed by atoms with Crippen LogP contribution in [0.4, 0.5) is 0 Å². The van der Waals surface area contributed by atoms with Crippen molar-refractivity contribution in [3.05, 3.63) is 34.8 Å². The number of unbranched alkanes of at least 4 members (excludes halogenated alkanes) is 1. The molecule has 0 unspecified atom stereocenters. The van der Waals surface area contributed by atoms with Gasteiger partial charge in [0.2, 0.25) is 5.76 Å². The molecule has 0 spiro atoms. The third-order valence-corrected chi connectivity index (χ3v) is 4.98. The zero-order valence-corrected chi connectivity index (χ0v) is 17.7. The Morgan fingerprint density at radius 3 is 2.90 bits per heavy atom. The molecule has 9 nitrogen and oxygen atoms in total. The molecular weight excluding hydrogens is 388 g/mol. The number of nitrogens with one attached hydrogen (secondary N) is 1. The molecule has 0 aromatic carbocycles. The van der Waals surface area contributed by atoms with E-state index < -0.39 is 5.97 Å². The molecule has 1 aliphatic rings. The minimum Gasteiger partial charge on any atom is -0.460 e. The van der Waals surface area contributed by atoms with E-state index in [9.17, 15) is 9.59 Å². The number of aromatic nitrogens is 3.